The highest BCUT2D eigenvalue weighted by molar-refractivity contribution is 6.30. The molecule has 4 aromatic rings. The molecular formula is C31H33ClN4O3. The van der Waals surface area contributed by atoms with Gasteiger partial charge in [0.1, 0.15) is 12.3 Å². The lowest BCUT2D eigenvalue weighted by molar-refractivity contribution is -0.117. The molecule has 2 amide bonds. The molecule has 0 radical (unpaired) electrons. The van der Waals surface area contributed by atoms with Gasteiger partial charge in [-0.2, -0.15) is 0 Å². The third kappa shape index (κ3) is 6.86. The van der Waals surface area contributed by atoms with E-state index in [1.807, 2.05) is 67.9 Å². The number of carbonyl (C=O) groups is 2. The van der Waals surface area contributed by atoms with E-state index >= 15 is 0 Å². The second kappa shape index (κ2) is 12.2. The standard InChI is InChI=1S/C31H33ClN4O3/c1-20(2)17-35(30(38)24-7-11-25(32)12-8-24)19-29(37)34-31-33-28(23-9-14-27(39-5)15-10-23)18-36(31)26-13-6-21(3)22(4)16-26/h6-16,18,20H,17,19H2,1-5H3,(H,33,34,37). The fourth-order valence-corrected chi connectivity index (χ4v) is 4.34. The zero-order chi connectivity index (χ0) is 28.1. The van der Waals surface area contributed by atoms with Crippen molar-refractivity contribution in [2.24, 2.45) is 5.92 Å². The first kappa shape index (κ1) is 27.9. The maximum absolute atomic E-state index is 13.3. The van der Waals surface area contributed by atoms with Crippen LogP contribution in [0, 0.1) is 19.8 Å². The highest BCUT2D eigenvalue weighted by atomic mass is 35.5. The minimum atomic E-state index is -0.338. The largest absolute Gasteiger partial charge is 0.497 e. The lowest BCUT2D eigenvalue weighted by Crippen LogP contribution is -2.40. The SMILES string of the molecule is COc1ccc(-c2cn(-c3ccc(C)c(C)c3)c(NC(=O)CN(CC(C)C)C(=O)c3ccc(Cl)cc3)n2)cc1. The Kier molecular flexibility index (Phi) is 8.72. The second-order valence-electron chi connectivity index (χ2n) is 9.95. The maximum Gasteiger partial charge on any atom is 0.254 e. The molecule has 3 aromatic carbocycles. The number of anilines is 1. The summed E-state index contributed by atoms with van der Waals surface area (Å²) in [5.41, 5.74) is 5.23. The monoisotopic (exact) mass is 544 g/mol. The third-order valence-corrected chi connectivity index (χ3v) is 6.66. The van der Waals surface area contributed by atoms with Crippen LogP contribution < -0.4 is 10.1 Å². The highest BCUT2D eigenvalue weighted by Gasteiger charge is 2.22. The number of nitrogens with zero attached hydrogens (tertiary/aromatic N) is 3. The normalized spacial score (nSPS) is 10.9. The summed E-state index contributed by atoms with van der Waals surface area (Å²) in [7, 11) is 1.62. The van der Waals surface area contributed by atoms with E-state index in [1.165, 1.54) is 5.56 Å². The minimum Gasteiger partial charge on any atom is -0.497 e. The number of halogens is 1. The Morgan fingerprint density at radius 3 is 2.31 bits per heavy atom. The molecule has 0 aliphatic rings. The van der Waals surface area contributed by atoms with Gasteiger partial charge in [-0.3, -0.25) is 19.5 Å². The van der Waals surface area contributed by atoms with Crippen LogP contribution in [0.2, 0.25) is 5.02 Å². The van der Waals surface area contributed by atoms with Crippen LogP contribution in [0.15, 0.2) is 72.9 Å². The Morgan fingerprint density at radius 2 is 1.69 bits per heavy atom. The summed E-state index contributed by atoms with van der Waals surface area (Å²) in [6.45, 7) is 8.43. The Balaban J connectivity index is 1.64. The van der Waals surface area contributed by atoms with Gasteiger partial charge in [0.15, 0.2) is 0 Å². The number of amides is 2. The van der Waals surface area contributed by atoms with E-state index in [0.29, 0.717) is 28.8 Å². The number of aromatic nitrogens is 2. The van der Waals surface area contributed by atoms with Gasteiger partial charge < -0.3 is 9.64 Å². The van der Waals surface area contributed by atoms with E-state index in [-0.39, 0.29) is 24.3 Å². The Labute approximate surface area is 234 Å². The maximum atomic E-state index is 13.3. The molecule has 1 N–H and O–H groups in total. The summed E-state index contributed by atoms with van der Waals surface area (Å²) < 4.78 is 7.14. The van der Waals surface area contributed by atoms with Crippen molar-refractivity contribution in [3.8, 4) is 22.7 Å². The molecule has 4 rings (SSSR count). The lowest BCUT2D eigenvalue weighted by Gasteiger charge is -2.24. The smallest absolute Gasteiger partial charge is 0.254 e. The van der Waals surface area contributed by atoms with Crippen molar-refractivity contribution in [1.29, 1.82) is 0 Å². The average molecular weight is 545 g/mol. The van der Waals surface area contributed by atoms with Crippen LogP contribution in [0.1, 0.15) is 35.3 Å². The Morgan fingerprint density at radius 1 is 1.00 bits per heavy atom. The Bertz CT molecular complexity index is 1460. The number of aryl methyl sites for hydroxylation is 2. The number of hydrogen-bond donors (Lipinski definition) is 1. The van der Waals surface area contributed by atoms with E-state index in [4.69, 9.17) is 21.3 Å². The number of imidazole rings is 1. The van der Waals surface area contributed by atoms with Gasteiger partial charge >= 0.3 is 0 Å². The van der Waals surface area contributed by atoms with E-state index in [1.54, 1.807) is 36.3 Å². The third-order valence-electron chi connectivity index (χ3n) is 6.41. The molecule has 0 unspecified atom stereocenters. The van der Waals surface area contributed by atoms with E-state index in [0.717, 1.165) is 22.6 Å². The van der Waals surface area contributed by atoms with E-state index in [9.17, 15) is 9.59 Å². The minimum absolute atomic E-state index is 0.114. The molecule has 39 heavy (non-hydrogen) atoms. The van der Waals surface area contributed by atoms with Gasteiger partial charge in [-0.25, -0.2) is 4.98 Å². The highest BCUT2D eigenvalue weighted by Crippen LogP contribution is 2.27. The quantitative estimate of drug-likeness (QED) is 0.259. The summed E-state index contributed by atoms with van der Waals surface area (Å²) in [4.78, 5) is 32.9. The molecule has 0 aliphatic carbocycles. The number of carbonyl (C=O) groups excluding carboxylic acids is 2. The number of ether oxygens (including phenoxy) is 1. The van der Waals surface area contributed by atoms with Gasteiger partial charge in [0.25, 0.3) is 5.91 Å². The van der Waals surface area contributed by atoms with Crippen LogP contribution in [0.3, 0.4) is 0 Å². The van der Waals surface area contributed by atoms with Crippen molar-refractivity contribution in [2.75, 3.05) is 25.5 Å². The van der Waals surface area contributed by atoms with Crippen molar-refractivity contribution in [1.82, 2.24) is 14.5 Å². The summed E-state index contributed by atoms with van der Waals surface area (Å²) in [6.07, 6.45) is 1.90. The molecule has 8 heteroatoms. The summed E-state index contributed by atoms with van der Waals surface area (Å²) in [5, 5.41) is 3.50. The molecule has 0 bridgehead atoms. The molecule has 1 heterocycles. The van der Waals surface area contributed by atoms with Crippen molar-refractivity contribution in [3.05, 3.63) is 94.6 Å². The van der Waals surface area contributed by atoms with Crippen LogP contribution in [0.5, 0.6) is 5.75 Å². The van der Waals surface area contributed by atoms with Crippen molar-refractivity contribution < 1.29 is 14.3 Å². The van der Waals surface area contributed by atoms with Crippen LogP contribution in [-0.2, 0) is 4.79 Å². The van der Waals surface area contributed by atoms with Crippen LogP contribution >= 0.6 is 11.6 Å². The first-order valence-electron chi connectivity index (χ1n) is 12.8. The summed E-state index contributed by atoms with van der Waals surface area (Å²) in [5.74, 6) is 0.726. The molecule has 7 nitrogen and oxygen atoms in total. The molecular weight excluding hydrogens is 512 g/mol. The zero-order valence-corrected chi connectivity index (χ0v) is 23.6. The van der Waals surface area contributed by atoms with E-state index in [2.05, 4.69) is 18.3 Å². The first-order chi connectivity index (χ1) is 18.6. The molecule has 202 valence electrons. The second-order valence-corrected chi connectivity index (χ2v) is 10.4. The predicted octanol–water partition coefficient (Wildman–Crippen LogP) is 6.56. The number of rotatable bonds is 9. The summed E-state index contributed by atoms with van der Waals surface area (Å²) in [6, 6.07) is 20.4. The zero-order valence-electron chi connectivity index (χ0n) is 22.9. The lowest BCUT2D eigenvalue weighted by atomic mass is 10.1. The van der Waals surface area contributed by atoms with Crippen molar-refractivity contribution in [2.45, 2.75) is 27.7 Å². The molecule has 0 saturated carbocycles. The number of nitrogens with one attached hydrogen (secondary N) is 1. The van der Waals surface area contributed by atoms with Crippen molar-refractivity contribution >= 4 is 29.4 Å². The molecule has 0 aliphatic heterocycles. The number of hydrogen-bond acceptors (Lipinski definition) is 4. The average Bonchev–Trinajstić information content (AvgIpc) is 3.33. The van der Waals surface area contributed by atoms with Gasteiger partial charge in [-0.15, -0.1) is 0 Å². The van der Waals surface area contributed by atoms with Gasteiger partial charge in [0, 0.05) is 34.6 Å². The van der Waals surface area contributed by atoms with Crippen LogP contribution in [-0.4, -0.2) is 46.5 Å². The van der Waals surface area contributed by atoms with Crippen LogP contribution in [0.4, 0.5) is 5.95 Å². The number of methoxy groups -OCH3 is 1. The fourth-order valence-electron chi connectivity index (χ4n) is 4.21. The van der Waals surface area contributed by atoms with Gasteiger partial charge in [0.05, 0.1) is 12.8 Å². The van der Waals surface area contributed by atoms with Gasteiger partial charge in [0.2, 0.25) is 11.9 Å². The molecule has 0 spiro atoms. The topological polar surface area (TPSA) is 76.5 Å². The molecule has 1 aromatic heterocycles. The molecule has 0 saturated heterocycles. The number of benzene rings is 3. The van der Waals surface area contributed by atoms with Crippen LogP contribution in [0.25, 0.3) is 16.9 Å². The fraction of sp³-hybridized carbons (Fsp3) is 0.258. The summed E-state index contributed by atoms with van der Waals surface area (Å²) >= 11 is 6.00. The van der Waals surface area contributed by atoms with Gasteiger partial charge in [-0.05, 0) is 91.6 Å². The Hall–Kier alpha value is -4.10. The van der Waals surface area contributed by atoms with Gasteiger partial charge in [-0.1, -0.05) is 31.5 Å². The first-order valence-corrected chi connectivity index (χ1v) is 13.2. The molecule has 0 atom stereocenters. The molecule has 0 fully saturated rings. The predicted molar refractivity (Wildman–Crippen MR) is 156 cm³/mol. The van der Waals surface area contributed by atoms with E-state index < -0.39 is 0 Å². The van der Waals surface area contributed by atoms with Crippen molar-refractivity contribution in [3.63, 3.8) is 0 Å².